The number of alkyl halides is 1. The van der Waals surface area contributed by atoms with Crippen molar-refractivity contribution < 1.29 is 4.74 Å². The van der Waals surface area contributed by atoms with Crippen LogP contribution in [0.1, 0.15) is 24.0 Å². The van der Waals surface area contributed by atoms with Crippen molar-refractivity contribution in [1.29, 1.82) is 0 Å². The first kappa shape index (κ1) is 13.1. The van der Waals surface area contributed by atoms with Crippen LogP contribution in [-0.2, 0) is 12.8 Å². The van der Waals surface area contributed by atoms with Crippen LogP contribution >= 0.6 is 22.6 Å². The molecule has 1 N–H and O–H groups in total. The van der Waals surface area contributed by atoms with E-state index in [2.05, 4.69) is 46.1 Å². The maximum absolute atomic E-state index is 5.51. The molecule has 0 fully saturated rings. The molecule has 1 heterocycles. The second-order valence-electron chi connectivity index (χ2n) is 4.44. The molecule has 0 saturated carbocycles. The van der Waals surface area contributed by atoms with Gasteiger partial charge in [-0.05, 0) is 54.0 Å². The minimum absolute atomic E-state index is 0.855. The van der Waals surface area contributed by atoms with Crippen molar-refractivity contribution in [2.45, 2.75) is 25.7 Å². The number of halogens is 1. The lowest BCUT2D eigenvalue weighted by molar-refractivity contribution is 0.357. The van der Waals surface area contributed by atoms with E-state index in [1.807, 2.05) is 0 Å². The Labute approximate surface area is 117 Å². The topological polar surface area (TPSA) is 21.3 Å². The van der Waals surface area contributed by atoms with Gasteiger partial charge in [0.15, 0.2) is 0 Å². The molecule has 1 aromatic carbocycles. The maximum Gasteiger partial charge on any atom is 0.122 e. The highest BCUT2D eigenvalue weighted by Crippen LogP contribution is 2.25. The van der Waals surface area contributed by atoms with Gasteiger partial charge in [-0.1, -0.05) is 34.7 Å². The third-order valence-corrected chi connectivity index (χ3v) is 3.84. The second-order valence-corrected chi connectivity index (χ2v) is 5.52. The van der Waals surface area contributed by atoms with Gasteiger partial charge >= 0.3 is 0 Å². The SMILES string of the molecule is ICCCCNCCc1ccc2c(c1)CCO2. The number of ether oxygens (including phenoxy) is 1. The van der Waals surface area contributed by atoms with Crippen molar-refractivity contribution in [2.75, 3.05) is 24.1 Å². The zero-order chi connectivity index (χ0) is 11.9. The van der Waals surface area contributed by atoms with Crippen LogP contribution in [0.15, 0.2) is 18.2 Å². The Kier molecular flexibility index (Phi) is 5.58. The molecule has 0 aromatic heterocycles. The van der Waals surface area contributed by atoms with Crippen molar-refractivity contribution in [3.8, 4) is 5.75 Å². The fourth-order valence-corrected chi connectivity index (χ4v) is 2.64. The van der Waals surface area contributed by atoms with Crippen LogP contribution in [0.25, 0.3) is 0 Å². The first-order chi connectivity index (χ1) is 8.40. The molecule has 1 aliphatic rings. The summed E-state index contributed by atoms with van der Waals surface area (Å²) in [5, 5.41) is 3.50. The molecule has 0 radical (unpaired) electrons. The summed E-state index contributed by atoms with van der Waals surface area (Å²) in [7, 11) is 0. The third kappa shape index (κ3) is 4.14. The number of nitrogens with one attached hydrogen (secondary N) is 1. The molecule has 3 heteroatoms. The lowest BCUT2D eigenvalue weighted by atomic mass is 10.1. The van der Waals surface area contributed by atoms with Crippen molar-refractivity contribution >= 4 is 22.6 Å². The quantitative estimate of drug-likeness (QED) is 0.466. The summed E-state index contributed by atoms with van der Waals surface area (Å²) in [6, 6.07) is 6.61. The van der Waals surface area contributed by atoms with Crippen molar-refractivity contribution in [3.05, 3.63) is 29.3 Å². The summed E-state index contributed by atoms with van der Waals surface area (Å²) in [6.45, 7) is 3.09. The molecule has 0 spiro atoms. The molecule has 17 heavy (non-hydrogen) atoms. The Morgan fingerprint density at radius 3 is 3.06 bits per heavy atom. The molecule has 1 aromatic rings. The van der Waals surface area contributed by atoms with Gasteiger partial charge in [-0.3, -0.25) is 0 Å². The van der Waals surface area contributed by atoms with Gasteiger partial charge in [0.1, 0.15) is 5.75 Å². The lowest BCUT2D eigenvalue weighted by Crippen LogP contribution is -2.18. The van der Waals surface area contributed by atoms with Crippen molar-refractivity contribution in [2.24, 2.45) is 0 Å². The first-order valence-corrected chi connectivity index (χ1v) is 7.94. The van der Waals surface area contributed by atoms with E-state index in [4.69, 9.17) is 4.74 Å². The highest BCUT2D eigenvalue weighted by Gasteiger charge is 2.11. The highest BCUT2D eigenvalue weighted by molar-refractivity contribution is 14.1. The highest BCUT2D eigenvalue weighted by atomic mass is 127. The van der Waals surface area contributed by atoms with Gasteiger partial charge in [0.25, 0.3) is 0 Å². The predicted molar refractivity (Wildman–Crippen MR) is 80.3 cm³/mol. The van der Waals surface area contributed by atoms with Crippen LogP contribution in [0.4, 0.5) is 0 Å². The Balaban J connectivity index is 1.69. The van der Waals surface area contributed by atoms with Gasteiger partial charge in [-0.25, -0.2) is 0 Å². The smallest absolute Gasteiger partial charge is 0.122 e. The van der Waals surface area contributed by atoms with E-state index in [0.29, 0.717) is 0 Å². The standard InChI is InChI=1S/C14H20INO/c15-7-1-2-8-16-9-5-12-3-4-14-13(11-12)6-10-17-14/h3-4,11,16H,1-2,5-10H2. The van der Waals surface area contributed by atoms with Gasteiger partial charge < -0.3 is 10.1 Å². The second kappa shape index (κ2) is 7.21. The van der Waals surface area contributed by atoms with Gasteiger partial charge in [0.2, 0.25) is 0 Å². The summed E-state index contributed by atoms with van der Waals surface area (Å²) in [5.74, 6) is 1.09. The predicted octanol–water partition coefficient (Wildman–Crippen LogP) is 2.97. The molecule has 1 aliphatic heterocycles. The Morgan fingerprint density at radius 2 is 2.18 bits per heavy atom. The van der Waals surface area contributed by atoms with Crippen molar-refractivity contribution in [1.82, 2.24) is 5.32 Å². The average molecular weight is 345 g/mol. The van der Waals surface area contributed by atoms with Crippen LogP contribution in [0, 0.1) is 0 Å². The normalized spacial score (nSPS) is 13.5. The van der Waals surface area contributed by atoms with Crippen LogP contribution in [-0.4, -0.2) is 24.1 Å². The average Bonchev–Trinajstić information content (AvgIpc) is 2.81. The van der Waals surface area contributed by atoms with Gasteiger partial charge in [-0.2, -0.15) is 0 Å². The van der Waals surface area contributed by atoms with Gasteiger partial charge in [-0.15, -0.1) is 0 Å². The van der Waals surface area contributed by atoms with Gasteiger partial charge in [0.05, 0.1) is 6.61 Å². The molecule has 0 saturated heterocycles. The monoisotopic (exact) mass is 345 g/mol. The van der Waals surface area contributed by atoms with E-state index in [0.717, 1.165) is 38.3 Å². The third-order valence-electron chi connectivity index (χ3n) is 3.08. The minimum Gasteiger partial charge on any atom is -0.493 e. The van der Waals surface area contributed by atoms with Gasteiger partial charge in [0, 0.05) is 6.42 Å². The Bertz CT molecular complexity index is 354. The lowest BCUT2D eigenvalue weighted by Gasteiger charge is -2.06. The minimum atomic E-state index is 0.855. The van der Waals surface area contributed by atoms with E-state index in [1.54, 1.807) is 0 Å². The van der Waals surface area contributed by atoms with E-state index in [9.17, 15) is 0 Å². The van der Waals surface area contributed by atoms with E-state index < -0.39 is 0 Å². The number of rotatable bonds is 7. The summed E-state index contributed by atoms with van der Waals surface area (Å²) < 4.78 is 6.78. The van der Waals surface area contributed by atoms with Crippen LogP contribution in [0.5, 0.6) is 5.75 Å². The van der Waals surface area contributed by atoms with Crippen LogP contribution < -0.4 is 10.1 Å². The molecule has 0 amide bonds. The molecule has 94 valence electrons. The summed E-state index contributed by atoms with van der Waals surface area (Å²) >= 11 is 2.43. The van der Waals surface area contributed by atoms with E-state index in [1.165, 1.54) is 28.4 Å². The number of unbranched alkanes of at least 4 members (excludes halogenated alkanes) is 1. The van der Waals surface area contributed by atoms with Crippen molar-refractivity contribution in [3.63, 3.8) is 0 Å². The zero-order valence-electron chi connectivity index (χ0n) is 10.2. The van der Waals surface area contributed by atoms with Crippen LogP contribution in [0.3, 0.4) is 0 Å². The van der Waals surface area contributed by atoms with Crippen LogP contribution in [0.2, 0.25) is 0 Å². The fourth-order valence-electron chi connectivity index (χ4n) is 2.10. The number of benzene rings is 1. The zero-order valence-corrected chi connectivity index (χ0v) is 12.3. The molecule has 2 nitrogen and oxygen atoms in total. The maximum atomic E-state index is 5.51. The number of fused-ring (bicyclic) bond motifs is 1. The Hall–Kier alpha value is -0.290. The molecule has 0 aliphatic carbocycles. The molecule has 0 bridgehead atoms. The molecule has 2 rings (SSSR count). The van der Waals surface area contributed by atoms with E-state index >= 15 is 0 Å². The molecule has 0 unspecified atom stereocenters. The first-order valence-electron chi connectivity index (χ1n) is 6.41. The number of hydrogen-bond acceptors (Lipinski definition) is 2. The molecular formula is C14H20INO. The summed E-state index contributed by atoms with van der Waals surface area (Å²) in [4.78, 5) is 0. The largest absolute Gasteiger partial charge is 0.493 e. The molecular weight excluding hydrogens is 325 g/mol. The number of hydrogen-bond donors (Lipinski definition) is 1. The summed E-state index contributed by atoms with van der Waals surface area (Å²) in [6.07, 6.45) is 4.81. The van der Waals surface area contributed by atoms with E-state index in [-0.39, 0.29) is 0 Å². The molecule has 0 atom stereocenters. The summed E-state index contributed by atoms with van der Waals surface area (Å²) in [5.41, 5.74) is 2.81. The fraction of sp³-hybridized carbons (Fsp3) is 0.571. The Morgan fingerprint density at radius 1 is 1.24 bits per heavy atom.